The lowest BCUT2D eigenvalue weighted by molar-refractivity contribution is 0.949. The molecule has 0 bridgehead atoms. The molecule has 0 saturated carbocycles. The molecule has 1 aliphatic rings. The first kappa shape index (κ1) is 13.9. The van der Waals surface area contributed by atoms with E-state index in [9.17, 15) is 0 Å². The van der Waals surface area contributed by atoms with Crippen molar-refractivity contribution >= 4 is 40.1 Å². The number of H-pyrrole nitrogens is 1. The molecule has 0 aliphatic carbocycles. The molecule has 0 atom stereocenters. The number of fused-ring (bicyclic) bond motifs is 1. The van der Waals surface area contributed by atoms with Crippen LogP contribution < -0.4 is 4.90 Å². The van der Waals surface area contributed by atoms with Gasteiger partial charge in [-0.05, 0) is 43.2 Å². The largest absolute Gasteiger partial charge is 0.372 e. The van der Waals surface area contributed by atoms with Crippen LogP contribution in [0.2, 0.25) is 10.2 Å². The average molecular weight is 333 g/mol. The van der Waals surface area contributed by atoms with Gasteiger partial charge in [-0.15, -0.1) is 0 Å². The molecule has 0 radical (unpaired) electrons. The summed E-state index contributed by atoms with van der Waals surface area (Å²) < 4.78 is 0. The minimum Gasteiger partial charge on any atom is -0.372 e. The number of nitrogens with one attached hydrogen (secondary N) is 1. The molecule has 1 saturated heterocycles. The highest BCUT2D eigenvalue weighted by molar-refractivity contribution is 6.41. The van der Waals surface area contributed by atoms with Crippen LogP contribution >= 0.6 is 23.2 Å². The molecule has 6 heteroatoms. The zero-order chi connectivity index (χ0) is 15.1. The molecule has 112 valence electrons. The number of imidazole rings is 1. The number of nitrogens with zero attached hydrogens (tertiary/aromatic N) is 3. The van der Waals surface area contributed by atoms with Crippen LogP contribution in [0.5, 0.6) is 0 Å². The van der Waals surface area contributed by atoms with Gasteiger partial charge in [0.25, 0.3) is 0 Å². The summed E-state index contributed by atoms with van der Waals surface area (Å²) in [5, 5.41) is 0.699. The quantitative estimate of drug-likeness (QED) is 0.701. The van der Waals surface area contributed by atoms with Crippen molar-refractivity contribution in [2.75, 3.05) is 18.0 Å². The second kappa shape index (κ2) is 5.45. The second-order valence-corrected chi connectivity index (χ2v) is 6.22. The number of aromatic amines is 1. The van der Waals surface area contributed by atoms with Crippen LogP contribution in [0.15, 0.2) is 30.3 Å². The normalized spacial score (nSPS) is 14.9. The molecule has 22 heavy (non-hydrogen) atoms. The fraction of sp³-hybridized carbons (Fsp3) is 0.250. The Morgan fingerprint density at radius 1 is 1.00 bits per heavy atom. The summed E-state index contributed by atoms with van der Waals surface area (Å²) >= 11 is 11.9. The van der Waals surface area contributed by atoms with Gasteiger partial charge in [-0.25, -0.2) is 9.97 Å². The van der Waals surface area contributed by atoms with E-state index in [2.05, 4.69) is 44.1 Å². The fourth-order valence-electron chi connectivity index (χ4n) is 2.84. The third kappa shape index (κ3) is 2.42. The van der Waals surface area contributed by atoms with E-state index in [1.807, 2.05) is 0 Å². The molecule has 0 unspecified atom stereocenters. The zero-order valence-corrected chi connectivity index (χ0v) is 13.3. The third-order valence-electron chi connectivity index (χ3n) is 4.00. The van der Waals surface area contributed by atoms with Gasteiger partial charge < -0.3 is 9.88 Å². The van der Waals surface area contributed by atoms with Crippen LogP contribution in [-0.2, 0) is 0 Å². The van der Waals surface area contributed by atoms with Crippen molar-refractivity contribution in [3.8, 4) is 11.4 Å². The maximum absolute atomic E-state index is 5.99. The summed E-state index contributed by atoms with van der Waals surface area (Å²) in [5.41, 5.74) is 3.65. The van der Waals surface area contributed by atoms with Crippen molar-refractivity contribution in [2.45, 2.75) is 12.8 Å². The predicted molar refractivity (Wildman–Crippen MR) is 90.8 cm³/mol. The molecule has 2 aromatic heterocycles. The molecule has 1 fully saturated rings. The summed E-state index contributed by atoms with van der Waals surface area (Å²) in [4.78, 5) is 14.3. The Morgan fingerprint density at radius 2 is 1.73 bits per heavy atom. The standard InChI is InChI=1S/C16H14Cl2N4/c17-12-9-13-16(20-14(12)18)21-15(19-13)10-3-5-11(6-4-10)22-7-1-2-8-22/h3-6,9H,1-2,7-8H2,(H,19,20,21). The van der Waals surface area contributed by atoms with Crippen molar-refractivity contribution in [3.63, 3.8) is 0 Å². The highest BCUT2D eigenvalue weighted by atomic mass is 35.5. The molecule has 4 rings (SSSR count). The van der Waals surface area contributed by atoms with Crippen LogP contribution in [0.4, 0.5) is 5.69 Å². The second-order valence-electron chi connectivity index (χ2n) is 5.46. The summed E-state index contributed by atoms with van der Waals surface area (Å²) in [7, 11) is 0. The van der Waals surface area contributed by atoms with E-state index < -0.39 is 0 Å². The van der Waals surface area contributed by atoms with Gasteiger partial charge in [-0.1, -0.05) is 23.2 Å². The highest BCUT2D eigenvalue weighted by Crippen LogP contribution is 2.27. The van der Waals surface area contributed by atoms with E-state index in [1.54, 1.807) is 6.07 Å². The first-order valence-corrected chi connectivity index (χ1v) is 8.03. The summed E-state index contributed by atoms with van der Waals surface area (Å²) in [6, 6.07) is 10.2. The molecule has 4 nitrogen and oxygen atoms in total. The molecule has 1 aliphatic heterocycles. The minimum absolute atomic E-state index is 0.275. The van der Waals surface area contributed by atoms with Gasteiger partial charge >= 0.3 is 0 Å². The lowest BCUT2D eigenvalue weighted by Crippen LogP contribution is -2.17. The van der Waals surface area contributed by atoms with Gasteiger partial charge in [0.1, 0.15) is 11.0 Å². The molecule has 0 amide bonds. The summed E-state index contributed by atoms with van der Waals surface area (Å²) in [6.07, 6.45) is 2.55. The number of hydrogen-bond donors (Lipinski definition) is 1. The molecular weight excluding hydrogens is 319 g/mol. The number of hydrogen-bond acceptors (Lipinski definition) is 3. The number of benzene rings is 1. The van der Waals surface area contributed by atoms with E-state index in [1.165, 1.54) is 18.5 Å². The van der Waals surface area contributed by atoms with Crippen molar-refractivity contribution < 1.29 is 0 Å². The molecule has 1 aromatic carbocycles. The number of anilines is 1. The molecule has 3 heterocycles. The summed E-state index contributed by atoms with van der Waals surface area (Å²) in [6.45, 7) is 2.29. The van der Waals surface area contributed by atoms with Crippen molar-refractivity contribution in [1.82, 2.24) is 15.0 Å². The Balaban J connectivity index is 1.69. The maximum atomic E-state index is 5.99. The minimum atomic E-state index is 0.275. The Labute approximate surface area is 138 Å². The molecular formula is C16H14Cl2N4. The first-order chi connectivity index (χ1) is 10.7. The van der Waals surface area contributed by atoms with E-state index in [-0.39, 0.29) is 5.15 Å². The first-order valence-electron chi connectivity index (χ1n) is 7.28. The van der Waals surface area contributed by atoms with E-state index >= 15 is 0 Å². The predicted octanol–water partition coefficient (Wildman–Crippen LogP) is 4.53. The van der Waals surface area contributed by atoms with Crippen LogP contribution in [-0.4, -0.2) is 28.0 Å². The van der Waals surface area contributed by atoms with Crippen LogP contribution in [0.25, 0.3) is 22.6 Å². The fourth-order valence-corrected chi connectivity index (χ4v) is 3.12. The smallest absolute Gasteiger partial charge is 0.179 e. The monoisotopic (exact) mass is 332 g/mol. The number of aromatic nitrogens is 3. The van der Waals surface area contributed by atoms with Crippen molar-refractivity contribution in [3.05, 3.63) is 40.5 Å². The average Bonchev–Trinajstić information content (AvgIpc) is 3.17. The summed E-state index contributed by atoms with van der Waals surface area (Å²) in [5.74, 6) is 0.772. The van der Waals surface area contributed by atoms with Crippen molar-refractivity contribution in [1.29, 1.82) is 0 Å². The van der Waals surface area contributed by atoms with Gasteiger partial charge in [0.15, 0.2) is 5.65 Å². The van der Waals surface area contributed by atoms with Crippen LogP contribution in [0.3, 0.4) is 0 Å². The zero-order valence-electron chi connectivity index (χ0n) is 11.8. The lowest BCUT2D eigenvalue weighted by atomic mass is 10.2. The molecule has 0 spiro atoms. The van der Waals surface area contributed by atoms with Crippen molar-refractivity contribution in [2.24, 2.45) is 0 Å². The number of pyridine rings is 1. The SMILES string of the molecule is Clc1cc2[nH]c(-c3ccc(N4CCCC4)cc3)nc2nc1Cl. The van der Waals surface area contributed by atoms with Gasteiger partial charge in [0.05, 0.1) is 10.5 Å². The Bertz CT molecular complexity index is 781. The van der Waals surface area contributed by atoms with Gasteiger partial charge in [-0.2, -0.15) is 0 Å². The van der Waals surface area contributed by atoms with E-state index in [4.69, 9.17) is 23.2 Å². The topological polar surface area (TPSA) is 44.8 Å². The van der Waals surface area contributed by atoms with E-state index in [0.29, 0.717) is 10.7 Å². The third-order valence-corrected chi connectivity index (χ3v) is 4.67. The van der Waals surface area contributed by atoms with Crippen LogP contribution in [0, 0.1) is 0 Å². The van der Waals surface area contributed by atoms with Crippen LogP contribution in [0.1, 0.15) is 12.8 Å². The molecule has 3 aromatic rings. The Morgan fingerprint density at radius 3 is 2.45 bits per heavy atom. The van der Waals surface area contributed by atoms with Gasteiger partial charge in [0.2, 0.25) is 0 Å². The Kier molecular flexibility index (Phi) is 3.43. The number of halogens is 2. The molecule has 1 N–H and O–H groups in total. The Hall–Kier alpha value is -1.78. The lowest BCUT2D eigenvalue weighted by Gasteiger charge is -2.17. The van der Waals surface area contributed by atoms with Gasteiger partial charge in [0, 0.05) is 24.3 Å². The van der Waals surface area contributed by atoms with E-state index in [0.717, 1.165) is 30.0 Å². The highest BCUT2D eigenvalue weighted by Gasteiger charge is 2.13. The number of rotatable bonds is 2. The maximum Gasteiger partial charge on any atom is 0.179 e. The van der Waals surface area contributed by atoms with Gasteiger partial charge in [-0.3, -0.25) is 0 Å².